The Balaban J connectivity index is 2.35. The average molecular weight is 358 g/mol. The van der Waals surface area contributed by atoms with Crippen LogP contribution < -0.4 is 4.72 Å². The third kappa shape index (κ3) is 3.04. The van der Waals surface area contributed by atoms with E-state index in [-0.39, 0.29) is 5.03 Å². The summed E-state index contributed by atoms with van der Waals surface area (Å²) in [5.74, 6) is 0.682. The van der Waals surface area contributed by atoms with Crippen LogP contribution in [0.15, 0.2) is 35.5 Å². The van der Waals surface area contributed by atoms with Crippen LogP contribution in [0.2, 0.25) is 0 Å². The molecule has 0 fully saturated rings. The summed E-state index contributed by atoms with van der Waals surface area (Å²) in [5.41, 5.74) is 1.44. The molecule has 5 nitrogen and oxygen atoms in total. The number of halogens is 1. The standard InChI is InChI=1S/C13H16BrN3O2S/c1-3-17-9-13(15-10(17)2)20(18,19)16-12-7-5-4-6-11(12)8-14/h4-7,9,16H,3,8H2,1-2H3. The van der Waals surface area contributed by atoms with Gasteiger partial charge in [-0.1, -0.05) is 34.1 Å². The van der Waals surface area contributed by atoms with Crippen LogP contribution in [0.1, 0.15) is 18.3 Å². The molecule has 0 aliphatic rings. The van der Waals surface area contributed by atoms with Crippen LogP contribution in [0.25, 0.3) is 0 Å². The Labute approximate surface area is 127 Å². The van der Waals surface area contributed by atoms with Crippen molar-refractivity contribution in [2.75, 3.05) is 4.72 Å². The Morgan fingerprint density at radius 3 is 2.65 bits per heavy atom. The van der Waals surface area contributed by atoms with Crippen molar-refractivity contribution in [2.45, 2.75) is 30.7 Å². The minimum atomic E-state index is -3.66. The molecule has 0 amide bonds. The van der Waals surface area contributed by atoms with E-state index in [0.29, 0.717) is 23.4 Å². The van der Waals surface area contributed by atoms with Crippen molar-refractivity contribution in [3.8, 4) is 0 Å². The first-order valence-corrected chi connectivity index (χ1v) is 8.79. The highest BCUT2D eigenvalue weighted by Gasteiger charge is 2.20. The number of hydrogen-bond acceptors (Lipinski definition) is 3. The summed E-state index contributed by atoms with van der Waals surface area (Å²) >= 11 is 3.34. The second kappa shape index (κ2) is 5.97. The molecule has 1 N–H and O–H groups in total. The van der Waals surface area contributed by atoms with E-state index >= 15 is 0 Å². The molecule has 0 atom stereocenters. The number of sulfonamides is 1. The van der Waals surface area contributed by atoms with Crippen molar-refractivity contribution >= 4 is 31.6 Å². The highest BCUT2D eigenvalue weighted by Crippen LogP contribution is 2.21. The van der Waals surface area contributed by atoms with Crippen molar-refractivity contribution in [3.63, 3.8) is 0 Å². The number of nitrogens with zero attached hydrogens (tertiary/aromatic N) is 2. The third-order valence-electron chi connectivity index (χ3n) is 2.98. The minimum absolute atomic E-state index is 0.0428. The molecule has 2 rings (SSSR count). The van der Waals surface area contributed by atoms with E-state index in [4.69, 9.17) is 0 Å². The van der Waals surface area contributed by atoms with Crippen molar-refractivity contribution in [1.29, 1.82) is 0 Å². The van der Waals surface area contributed by atoms with E-state index in [0.717, 1.165) is 5.56 Å². The lowest BCUT2D eigenvalue weighted by Crippen LogP contribution is -2.14. The van der Waals surface area contributed by atoms with Crippen LogP contribution in [-0.2, 0) is 21.9 Å². The first-order valence-electron chi connectivity index (χ1n) is 6.18. The van der Waals surface area contributed by atoms with Gasteiger partial charge in [0.25, 0.3) is 10.0 Å². The molecule has 0 saturated heterocycles. The number of imidazole rings is 1. The fourth-order valence-corrected chi connectivity index (χ4v) is 3.46. The number of aryl methyl sites for hydroxylation is 2. The number of nitrogens with one attached hydrogen (secondary N) is 1. The van der Waals surface area contributed by atoms with Crippen molar-refractivity contribution in [2.24, 2.45) is 0 Å². The van der Waals surface area contributed by atoms with Gasteiger partial charge in [0.05, 0.1) is 5.69 Å². The van der Waals surface area contributed by atoms with Crippen LogP contribution in [0, 0.1) is 6.92 Å². The maximum absolute atomic E-state index is 12.3. The number of anilines is 1. The molecule has 1 aromatic carbocycles. The maximum Gasteiger partial charge on any atom is 0.280 e. The van der Waals surface area contributed by atoms with Crippen molar-refractivity contribution < 1.29 is 8.42 Å². The molecule has 7 heteroatoms. The second-order valence-corrected chi connectivity index (χ2v) is 6.50. The molecule has 0 aliphatic carbocycles. The van der Waals surface area contributed by atoms with E-state index in [1.165, 1.54) is 0 Å². The zero-order valence-electron chi connectivity index (χ0n) is 11.3. The van der Waals surface area contributed by atoms with Gasteiger partial charge in [-0.25, -0.2) is 4.98 Å². The number of aromatic nitrogens is 2. The van der Waals surface area contributed by atoms with Crippen LogP contribution in [0.4, 0.5) is 5.69 Å². The molecule has 0 saturated carbocycles. The average Bonchev–Trinajstić information content (AvgIpc) is 2.81. The molecule has 108 valence electrons. The van der Waals surface area contributed by atoms with Gasteiger partial charge in [0.1, 0.15) is 5.82 Å². The van der Waals surface area contributed by atoms with Crippen molar-refractivity contribution in [1.82, 2.24) is 9.55 Å². The Hall–Kier alpha value is -1.34. The monoisotopic (exact) mass is 357 g/mol. The molecule has 20 heavy (non-hydrogen) atoms. The summed E-state index contributed by atoms with van der Waals surface area (Å²) in [6.07, 6.45) is 1.55. The smallest absolute Gasteiger partial charge is 0.280 e. The number of rotatable bonds is 5. The Kier molecular flexibility index (Phi) is 4.49. The quantitative estimate of drug-likeness (QED) is 0.836. The second-order valence-electron chi connectivity index (χ2n) is 4.31. The van der Waals surface area contributed by atoms with Crippen LogP contribution >= 0.6 is 15.9 Å². The van der Waals surface area contributed by atoms with E-state index in [2.05, 4.69) is 25.6 Å². The van der Waals surface area contributed by atoms with E-state index < -0.39 is 10.0 Å². The normalized spacial score (nSPS) is 11.6. The molecule has 0 bridgehead atoms. The van der Waals surface area contributed by atoms with Gasteiger partial charge in [0.2, 0.25) is 0 Å². The van der Waals surface area contributed by atoms with Gasteiger partial charge in [-0.2, -0.15) is 8.42 Å². The van der Waals surface area contributed by atoms with Crippen LogP contribution in [0.3, 0.4) is 0 Å². The number of hydrogen-bond donors (Lipinski definition) is 1. The van der Waals surface area contributed by atoms with Gasteiger partial charge >= 0.3 is 0 Å². The van der Waals surface area contributed by atoms with Gasteiger partial charge in [-0.05, 0) is 25.5 Å². The first-order chi connectivity index (χ1) is 9.47. The number of alkyl halides is 1. The van der Waals surface area contributed by atoms with E-state index in [1.54, 1.807) is 29.8 Å². The summed E-state index contributed by atoms with van der Waals surface area (Å²) in [4.78, 5) is 4.11. The fourth-order valence-electron chi connectivity index (χ4n) is 1.86. The summed E-state index contributed by atoms with van der Waals surface area (Å²) in [6, 6.07) is 7.25. The summed E-state index contributed by atoms with van der Waals surface area (Å²) in [6.45, 7) is 4.42. The van der Waals surface area contributed by atoms with Crippen LogP contribution in [0.5, 0.6) is 0 Å². The topological polar surface area (TPSA) is 64.0 Å². The van der Waals surface area contributed by atoms with Gasteiger partial charge in [0, 0.05) is 18.1 Å². The summed E-state index contributed by atoms with van der Waals surface area (Å²) in [5, 5.41) is 0.620. The molecule has 0 radical (unpaired) electrons. The summed E-state index contributed by atoms with van der Waals surface area (Å²) < 4.78 is 29.1. The highest BCUT2D eigenvalue weighted by molar-refractivity contribution is 9.08. The lowest BCUT2D eigenvalue weighted by Gasteiger charge is -2.09. The summed E-state index contributed by atoms with van der Waals surface area (Å²) in [7, 11) is -3.66. The third-order valence-corrected chi connectivity index (χ3v) is 4.82. The molecule has 0 unspecified atom stereocenters. The minimum Gasteiger partial charge on any atom is -0.334 e. The van der Waals surface area contributed by atoms with Gasteiger partial charge in [-0.3, -0.25) is 4.72 Å². The highest BCUT2D eigenvalue weighted by atomic mass is 79.9. The molecule has 1 heterocycles. The lowest BCUT2D eigenvalue weighted by atomic mass is 10.2. The molecular weight excluding hydrogens is 342 g/mol. The predicted molar refractivity (Wildman–Crippen MR) is 82.5 cm³/mol. The largest absolute Gasteiger partial charge is 0.334 e. The lowest BCUT2D eigenvalue weighted by molar-refractivity contribution is 0.598. The maximum atomic E-state index is 12.3. The number of benzene rings is 1. The first kappa shape index (κ1) is 15.1. The molecule has 1 aromatic heterocycles. The Morgan fingerprint density at radius 2 is 2.05 bits per heavy atom. The SMILES string of the molecule is CCn1cc(S(=O)(=O)Nc2ccccc2CBr)nc1C. The van der Waals surface area contributed by atoms with Crippen LogP contribution in [-0.4, -0.2) is 18.0 Å². The molecule has 2 aromatic rings. The number of para-hydroxylation sites is 1. The van der Waals surface area contributed by atoms with Crippen molar-refractivity contribution in [3.05, 3.63) is 41.9 Å². The Bertz CT molecular complexity index is 710. The van der Waals surface area contributed by atoms with E-state index in [1.807, 2.05) is 19.1 Å². The zero-order valence-corrected chi connectivity index (χ0v) is 13.7. The zero-order chi connectivity index (χ0) is 14.8. The Morgan fingerprint density at radius 1 is 1.35 bits per heavy atom. The molecule has 0 spiro atoms. The molecular formula is C13H16BrN3O2S. The fraction of sp³-hybridized carbons (Fsp3) is 0.308. The van der Waals surface area contributed by atoms with Gasteiger partial charge in [-0.15, -0.1) is 0 Å². The predicted octanol–water partition coefficient (Wildman–Crippen LogP) is 2.91. The van der Waals surface area contributed by atoms with Gasteiger partial charge in [0.15, 0.2) is 5.03 Å². The van der Waals surface area contributed by atoms with Gasteiger partial charge < -0.3 is 4.57 Å². The van der Waals surface area contributed by atoms with E-state index in [9.17, 15) is 8.42 Å². The molecule has 0 aliphatic heterocycles.